The monoisotopic (exact) mass is 462 g/mol. The largest absolute Gasteiger partial charge is 0.497 e. The predicted molar refractivity (Wildman–Crippen MR) is 128 cm³/mol. The first-order valence-corrected chi connectivity index (χ1v) is 11.1. The Kier molecular flexibility index (Phi) is 6.65. The average Bonchev–Trinajstić information content (AvgIpc) is 2.86. The van der Waals surface area contributed by atoms with E-state index in [1.165, 1.54) is 23.4 Å². The maximum absolute atomic E-state index is 13.4. The maximum Gasteiger partial charge on any atom is 0.266 e. The first kappa shape index (κ1) is 22.4. The SMILES string of the molecule is COc1cccc(-n2c(SCC(=O)c3ccc(OC)c(OC)c3)nc3ccccc3c2=O)c1. The molecule has 0 unspecified atom stereocenters. The van der Waals surface area contributed by atoms with Crippen LogP contribution in [0.15, 0.2) is 76.7 Å². The zero-order valence-electron chi connectivity index (χ0n) is 18.4. The average molecular weight is 463 g/mol. The van der Waals surface area contributed by atoms with Crippen LogP contribution in [0.5, 0.6) is 17.2 Å². The third kappa shape index (κ3) is 4.56. The number of ether oxygens (including phenoxy) is 3. The molecule has 0 atom stereocenters. The molecule has 1 heterocycles. The maximum atomic E-state index is 13.4. The van der Waals surface area contributed by atoms with Crippen LogP contribution < -0.4 is 19.8 Å². The van der Waals surface area contributed by atoms with Gasteiger partial charge >= 0.3 is 0 Å². The molecule has 0 aliphatic rings. The number of rotatable bonds is 8. The minimum Gasteiger partial charge on any atom is -0.497 e. The molecule has 0 spiro atoms. The van der Waals surface area contributed by atoms with Gasteiger partial charge in [0.2, 0.25) is 0 Å². The molecule has 3 aromatic carbocycles. The van der Waals surface area contributed by atoms with Crippen LogP contribution in [0.3, 0.4) is 0 Å². The fourth-order valence-electron chi connectivity index (χ4n) is 3.41. The van der Waals surface area contributed by atoms with Crippen molar-refractivity contribution in [2.45, 2.75) is 5.16 Å². The predicted octanol–water partition coefficient (Wildman–Crippen LogP) is 4.39. The molecule has 0 fully saturated rings. The van der Waals surface area contributed by atoms with Gasteiger partial charge in [0.25, 0.3) is 5.56 Å². The Labute approximate surface area is 194 Å². The lowest BCUT2D eigenvalue weighted by Crippen LogP contribution is -2.22. The van der Waals surface area contributed by atoms with Crippen molar-refractivity contribution in [3.8, 4) is 22.9 Å². The van der Waals surface area contributed by atoms with E-state index in [0.717, 1.165) is 0 Å². The molecule has 8 heteroatoms. The third-order valence-corrected chi connectivity index (χ3v) is 6.03. The van der Waals surface area contributed by atoms with Crippen LogP contribution in [0.25, 0.3) is 16.6 Å². The quantitative estimate of drug-likeness (QED) is 0.218. The molecule has 4 aromatic rings. The van der Waals surface area contributed by atoms with Crippen molar-refractivity contribution in [3.63, 3.8) is 0 Å². The van der Waals surface area contributed by atoms with E-state index in [1.807, 2.05) is 6.07 Å². The molecule has 0 bridgehead atoms. The second kappa shape index (κ2) is 9.79. The van der Waals surface area contributed by atoms with E-state index in [-0.39, 0.29) is 17.1 Å². The Balaban J connectivity index is 1.72. The summed E-state index contributed by atoms with van der Waals surface area (Å²) in [6.45, 7) is 0. The summed E-state index contributed by atoms with van der Waals surface area (Å²) in [4.78, 5) is 31.0. The van der Waals surface area contributed by atoms with E-state index in [2.05, 4.69) is 4.98 Å². The molecule has 0 amide bonds. The molecular weight excluding hydrogens is 440 g/mol. The van der Waals surface area contributed by atoms with Crippen molar-refractivity contribution < 1.29 is 19.0 Å². The molecular formula is C25H22N2O5S. The highest BCUT2D eigenvalue weighted by atomic mass is 32.2. The lowest BCUT2D eigenvalue weighted by Gasteiger charge is -2.14. The standard InChI is InChI=1S/C25H22N2O5S/c1-30-18-8-6-7-17(14-18)27-24(29)19-9-4-5-10-20(19)26-25(27)33-15-21(28)16-11-12-22(31-2)23(13-16)32-3/h4-14H,15H2,1-3H3. The van der Waals surface area contributed by atoms with E-state index in [4.69, 9.17) is 14.2 Å². The van der Waals surface area contributed by atoms with Crippen molar-refractivity contribution in [2.24, 2.45) is 0 Å². The van der Waals surface area contributed by atoms with Crippen LogP contribution in [-0.4, -0.2) is 42.4 Å². The van der Waals surface area contributed by atoms with Gasteiger partial charge in [-0.3, -0.25) is 14.2 Å². The van der Waals surface area contributed by atoms with E-state index in [9.17, 15) is 9.59 Å². The Morgan fingerprint density at radius 2 is 1.70 bits per heavy atom. The zero-order valence-corrected chi connectivity index (χ0v) is 19.2. The molecule has 1 aromatic heterocycles. The summed E-state index contributed by atoms with van der Waals surface area (Å²) in [5.41, 5.74) is 1.45. The number of para-hydroxylation sites is 1. The highest BCUT2D eigenvalue weighted by molar-refractivity contribution is 7.99. The van der Waals surface area contributed by atoms with Gasteiger partial charge < -0.3 is 14.2 Å². The molecule has 0 radical (unpaired) electrons. The third-order valence-electron chi connectivity index (χ3n) is 5.09. The summed E-state index contributed by atoms with van der Waals surface area (Å²) in [5, 5.41) is 0.914. The highest BCUT2D eigenvalue weighted by Crippen LogP contribution is 2.29. The molecule has 33 heavy (non-hydrogen) atoms. The summed E-state index contributed by atoms with van der Waals surface area (Å²) >= 11 is 1.20. The fourth-order valence-corrected chi connectivity index (χ4v) is 4.32. The molecule has 7 nitrogen and oxygen atoms in total. The van der Waals surface area contributed by atoms with Crippen LogP contribution in [0.1, 0.15) is 10.4 Å². The fraction of sp³-hybridized carbons (Fsp3) is 0.160. The Morgan fingerprint density at radius 3 is 2.45 bits per heavy atom. The normalized spacial score (nSPS) is 10.8. The van der Waals surface area contributed by atoms with Gasteiger partial charge in [-0.2, -0.15) is 0 Å². The van der Waals surface area contributed by atoms with Gasteiger partial charge in [0.15, 0.2) is 22.4 Å². The van der Waals surface area contributed by atoms with Gasteiger partial charge in [-0.05, 0) is 42.5 Å². The van der Waals surface area contributed by atoms with Crippen molar-refractivity contribution in [1.29, 1.82) is 0 Å². The number of hydrogen-bond acceptors (Lipinski definition) is 7. The molecule has 0 aliphatic carbocycles. The second-order valence-electron chi connectivity index (χ2n) is 7.04. The topological polar surface area (TPSA) is 79.7 Å². The number of hydrogen-bond donors (Lipinski definition) is 0. The Morgan fingerprint density at radius 1 is 0.909 bits per heavy atom. The molecule has 0 saturated heterocycles. The minimum atomic E-state index is -0.213. The van der Waals surface area contributed by atoms with Crippen molar-refractivity contribution in [3.05, 3.63) is 82.6 Å². The zero-order chi connectivity index (χ0) is 23.4. The summed E-state index contributed by atoms with van der Waals surface area (Å²) < 4.78 is 17.4. The molecule has 0 saturated carbocycles. The van der Waals surface area contributed by atoms with E-state index < -0.39 is 0 Å². The lowest BCUT2D eigenvalue weighted by molar-refractivity contribution is 0.102. The number of carbonyl (C=O) groups excluding carboxylic acids is 1. The summed E-state index contributed by atoms with van der Waals surface area (Å²) in [6.07, 6.45) is 0. The van der Waals surface area contributed by atoms with Crippen LogP contribution >= 0.6 is 11.8 Å². The van der Waals surface area contributed by atoms with E-state index in [0.29, 0.717) is 44.6 Å². The van der Waals surface area contributed by atoms with Gasteiger partial charge in [-0.15, -0.1) is 0 Å². The number of benzene rings is 3. The van der Waals surface area contributed by atoms with E-state index >= 15 is 0 Å². The molecule has 4 rings (SSSR count). The Bertz CT molecular complexity index is 1380. The van der Waals surface area contributed by atoms with Gasteiger partial charge in [-0.1, -0.05) is 30.0 Å². The van der Waals surface area contributed by atoms with Gasteiger partial charge in [-0.25, -0.2) is 4.98 Å². The van der Waals surface area contributed by atoms with Crippen molar-refractivity contribution >= 4 is 28.4 Å². The number of aromatic nitrogens is 2. The van der Waals surface area contributed by atoms with Crippen molar-refractivity contribution in [1.82, 2.24) is 9.55 Å². The first-order chi connectivity index (χ1) is 16.0. The van der Waals surface area contributed by atoms with Gasteiger partial charge in [0.1, 0.15) is 5.75 Å². The molecule has 0 aliphatic heterocycles. The lowest BCUT2D eigenvalue weighted by atomic mass is 10.1. The van der Waals surface area contributed by atoms with Gasteiger partial charge in [0, 0.05) is 11.6 Å². The second-order valence-corrected chi connectivity index (χ2v) is 7.98. The number of nitrogens with zero attached hydrogens (tertiary/aromatic N) is 2. The molecule has 0 N–H and O–H groups in total. The van der Waals surface area contributed by atoms with Crippen LogP contribution in [-0.2, 0) is 0 Å². The minimum absolute atomic E-state index is 0.0875. The smallest absolute Gasteiger partial charge is 0.266 e. The number of fused-ring (bicyclic) bond motifs is 1. The van der Waals surface area contributed by atoms with Gasteiger partial charge in [0.05, 0.1) is 43.7 Å². The summed E-state index contributed by atoms with van der Waals surface area (Å²) in [7, 11) is 4.63. The Hall–Kier alpha value is -3.78. The molecule has 168 valence electrons. The number of carbonyl (C=O) groups is 1. The number of Topliss-reactive ketones (excluding diaryl/α,β-unsaturated/α-hetero) is 1. The van der Waals surface area contributed by atoms with E-state index in [1.54, 1.807) is 74.9 Å². The highest BCUT2D eigenvalue weighted by Gasteiger charge is 2.17. The number of ketones is 1. The first-order valence-electron chi connectivity index (χ1n) is 10.1. The van der Waals surface area contributed by atoms with Crippen molar-refractivity contribution in [2.75, 3.05) is 27.1 Å². The number of thioether (sulfide) groups is 1. The summed E-state index contributed by atoms with van der Waals surface area (Å²) in [6, 6.07) is 19.4. The summed E-state index contributed by atoms with van der Waals surface area (Å²) in [5.74, 6) is 1.60. The van der Waals surface area contributed by atoms with Crippen LogP contribution in [0.4, 0.5) is 0 Å². The van der Waals surface area contributed by atoms with Crippen LogP contribution in [0, 0.1) is 0 Å². The van der Waals surface area contributed by atoms with Crippen LogP contribution in [0.2, 0.25) is 0 Å². The number of methoxy groups -OCH3 is 3.